The maximum Gasteiger partial charge on any atom is 0.0320 e. The lowest BCUT2D eigenvalue weighted by atomic mass is 10.0. The van der Waals surface area contributed by atoms with Crippen LogP contribution in [-0.2, 0) is 13.0 Å². The molecule has 106 valence electrons. The molecule has 1 atom stereocenters. The minimum Gasteiger partial charge on any atom is -0.306 e. The molecule has 0 fully saturated rings. The van der Waals surface area contributed by atoms with Crippen LogP contribution in [0.15, 0.2) is 48.5 Å². The standard InChI is InChI=1S/C19H25N/c1-4-16-9-11-18(12-10-16)19(5-2)20-14-17-8-6-7-15(3)13-17/h6-13,19-20H,4-5,14H2,1-3H3. The summed E-state index contributed by atoms with van der Waals surface area (Å²) >= 11 is 0. The van der Waals surface area contributed by atoms with Crippen LogP contribution in [0.1, 0.15) is 48.6 Å². The van der Waals surface area contributed by atoms with Crippen molar-refractivity contribution < 1.29 is 0 Å². The SMILES string of the molecule is CCc1ccc(C(CC)NCc2cccc(C)c2)cc1. The van der Waals surface area contributed by atoms with Crippen LogP contribution in [-0.4, -0.2) is 0 Å². The zero-order valence-electron chi connectivity index (χ0n) is 12.8. The van der Waals surface area contributed by atoms with E-state index in [-0.39, 0.29) is 0 Å². The molecule has 0 amide bonds. The number of aryl methyl sites for hydroxylation is 2. The number of rotatable bonds is 6. The second-order valence-electron chi connectivity index (χ2n) is 5.43. The minimum absolute atomic E-state index is 0.432. The molecule has 0 saturated heterocycles. The van der Waals surface area contributed by atoms with E-state index in [1.54, 1.807) is 0 Å². The molecule has 0 heterocycles. The van der Waals surface area contributed by atoms with Crippen LogP contribution in [0.5, 0.6) is 0 Å². The molecule has 0 radical (unpaired) electrons. The summed E-state index contributed by atoms with van der Waals surface area (Å²) in [6.45, 7) is 7.50. The summed E-state index contributed by atoms with van der Waals surface area (Å²) in [7, 11) is 0. The van der Waals surface area contributed by atoms with E-state index in [1.165, 1.54) is 22.3 Å². The maximum absolute atomic E-state index is 3.67. The number of hydrogen-bond acceptors (Lipinski definition) is 1. The molecular formula is C19H25N. The summed E-state index contributed by atoms with van der Waals surface area (Å²) in [5, 5.41) is 3.67. The molecule has 20 heavy (non-hydrogen) atoms. The number of hydrogen-bond donors (Lipinski definition) is 1. The molecule has 0 spiro atoms. The first-order valence-electron chi connectivity index (χ1n) is 7.60. The zero-order chi connectivity index (χ0) is 14.4. The van der Waals surface area contributed by atoms with Gasteiger partial charge in [0.05, 0.1) is 0 Å². The fraction of sp³-hybridized carbons (Fsp3) is 0.368. The summed E-state index contributed by atoms with van der Waals surface area (Å²) in [5.74, 6) is 0. The van der Waals surface area contributed by atoms with Crippen LogP contribution in [0.2, 0.25) is 0 Å². The third kappa shape index (κ3) is 3.94. The highest BCUT2D eigenvalue weighted by Gasteiger charge is 2.08. The molecule has 1 N–H and O–H groups in total. The lowest BCUT2D eigenvalue weighted by Crippen LogP contribution is -2.20. The van der Waals surface area contributed by atoms with E-state index >= 15 is 0 Å². The van der Waals surface area contributed by atoms with Gasteiger partial charge in [0.1, 0.15) is 0 Å². The van der Waals surface area contributed by atoms with Crippen molar-refractivity contribution in [1.82, 2.24) is 5.32 Å². The summed E-state index contributed by atoms with van der Waals surface area (Å²) in [6, 6.07) is 18.1. The summed E-state index contributed by atoms with van der Waals surface area (Å²) in [5.41, 5.74) is 5.47. The lowest BCUT2D eigenvalue weighted by Gasteiger charge is -2.18. The van der Waals surface area contributed by atoms with E-state index in [2.05, 4.69) is 74.6 Å². The van der Waals surface area contributed by atoms with Gasteiger partial charge in [-0.3, -0.25) is 0 Å². The van der Waals surface area contributed by atoms with Crippen molar-refractivity contribution in [3.8, 4) is 0 Å². The molecule has 0 aliphatic heterocycles. The van der Waals surface area contributed by atoms with Crippen molar-refractivity contribution in [3.05, 3.63) is 70.8 Å². The van der Waals surface area contributed by atoms with E-state index in [0.717, 1.165) is 19.4 Å². The van der Waals surface area contributed by atoms with Crippen molar-refractivity contribution in [1.29, 1.82) is 0 Å². The lowest BCUT2D eigenvalue weighted by molar-refractivity contribution is 0.519. The third-order valence-electron chi connectivity index (χ3n) is 3.83. The van der Waals surface area contributed by atoms with E-state index in [9.17, 15) is 0 Å². The fourth-order valence-electron chi connectivity index (χ4n) is 2.55. The number of nitrogens with one attached hydrogen (secondary N) is 1. The van der Waals surface area contributed by atoms with Crippen molar-refractivity contribution in [3.63, 3.8) is 0 Å². The smallest absolute Gasteiger partial charge is 0.0320 e. The number of benzene rings is 2. The summed E-state index contributed by atoms with van der Waals surface area (Å²) < 4.78 is 0. The van der Waals surface area contributed by atoms with E-state index in [0.29, 0.717) is 6.04 Å². The highest BCUT2D eigenvalue weighted by atomic mass is 14.9. The van der Waals surface area contributed by atoms with Crippen molar-refractivity contribution in [2.45, 2.75) is 46.2 Å². The molecule has 0 bridgehead atoms. The van der Waals surface area contributed by atoms with Crippen LogP contribution < -0.4 is 5.32 Å². The molecule has 0 aliphatic carbocycles. The molecule has 2 aromatic rings. The Balaban J connectivity index is 2.01. The van der Waals surface area contributed by atoms with Crippen LogP contribution in [0, 0.1) is 6.92 Å². The van der Waals surface area contributed by atoms with Gasteiger partial charge < -0.3 is 5.32 Å². The largest absolute Gasteiger partial charge is 0.306 e. The Morgan fingerprint density at radius 2 is 1.70 bits per heavy atom. The fourth-order valence-corrected chi connectivity index (χ4v) is 2.55. The second kappa shape index (κ2) is 7.25. The first-order chi connectivity index (χ1) is 9.72. The quantitative estimate of drug-likeness (QED) is 0.793. The van der Waals surface area contributed by atoms with Gasteiger partial charge in [0.25, 0.3) is 0 Å². The molecule has 0 aliphatic rings. The highest BCUT2D eigenvalue weighted by molar-refractivity contribution is 5.26. The Hall–Kier alpha value is -1.60. The van der Waals surface area contributed by atoms with Gasteiger partial charge in [-0.25, -0.2) is 0 Å². The summed E-state index contributed by atoms with van der Waals surface area (Å²) in [6.07, 6.45) is 2.21. The molecule has 0 aromatic heterocycles. The normalized spacial score (nSPS) is 12.3. The Kier molecular flexibility index (Phi) is 5.37. The van der Waals surface area contributed by atoms with Gasteiger partial charge in [-0.1, -0.05) is 67.9 Å². The zero-order valence-corrected chi connectivity index (χ0v) is 12.8. The molecule has 1 unspecified atom stereocenters. The van der Waals surface area contributed by atoms with Gasteiger partial charge in [0.2, 0.25) is 0 Å². The average molecular weight is 267 g/mol. The van der Waals surface area contributed by atoms with Gasteiger partial charge in [0, 0.05) is 12.6 Å². The van der Waals surface area contributed by atoms with Crippen molar-refractivity contribution in [2.24, 2.45) is 0 Å². The third-order valence-corrected chi connectivity index (χ3v) is 3.83. The molecule has 1 heteroatoms. The predicted octanol–water partition coefficient (Wildman–Crippen LogP) is 4.80. The van der Waals surface area contributed by atoms with Gasteiger partial charge in [0.15, 0.2) is 0 Å². The van der Waals surface area contributed by atoms with Crippen LogP contribution in [0.4, 0.5) is 0 Å². The molecule has 0 saturated carbocycles. The Morgan fingerprint density at radius 3 is 2.30 bits per heavy atom. The van der Waals surface area contributed by atoms with Crippen molar-refractivity contribution in [2.75, 3.05) is 0 Å². The van der Waals surface area contributed by atoms with E-state index < -0.39 is 0 Å². The van der Waals surface area contributed by atoms with Crippen LogP contribution >= 0.6 is 0 Å². The second-order valence-corrected chi connectivity index (χ2v) is 5.43. The monoisotopic (exact) mass is 267 g/mol. The Morgan fingerprint density at radius 1 is 0.950 bits per heavy atom. The Bertz CT molecular complexity index is 528. The van der Waals surface area contributed by atoms with Gasteiger partial charge >= 0.3 is 0 Å². The highest BCUT2D eigenvalue weighted by Crippen LogP contribution is 2.18. The molecule has 2 rings (SSSR count). The van der Waals surface area contributed by atoms with Crippen LogP contribution in [0.3, 0.4) is 0 Å². The predicted molar refractivity (Wildman–Crippen MR) is 86.9 cm³/mol. The minimum atomic E-state index is 0.432. The first-order valence-corrected chi connectivity index (χ1v) is 7.60. The Labute approximate surface area is 123 Å². The van der Waals surface area contributed by atoms with Gasteiger partial charge in [-0.05, 0) is 36.5 Å². The van der Waals surface area contributed by atoms with E-state index in [4.69, 9.17) is 0 Å². The van der Waals surface area contributed by atoms with E-state index in [1.807, 2.05) is 0 Å². The van der Waals surface area contributed by atoms with Gasteiger partial charge in [-0.15, -0.1) is 0 Å². The van der Waals surface area contributed by atoms with Gasteiger partial charge in [-0.2, -0.15) is 0 Å². The summed E-state index contributed by atoms with van der Waals surface area (Å²) in [4.78, 5) is 0. The van der Waals surface area contributed by atoms with Crippen LogP contribution in [0.25, 0.3) is 0 Å². The molecular weight excluding hydrogens is 242 g/mol. The molecule has 1 nitrogen and oxygen atoms in total. The average Bonchev–Trinajstić information content (AvgIpc) is 2.48. The maximum atomic E-state index is 3.67. The van der Waals surface area contributed by atoms with Crippen molar-refractivity contribution >= 4 is 0 Å². The molecule has 2 aromatic carbocycles. The topological polar surface area (TPSA) is 12.0 Å². The first kappa shape index (κ1) is 14.8.